The first kappa shape index (κ1) is 19.2. The Kier molecular flexibility index (Phi) is 6.12. The molecule has 2 amide bonds. The highest BCUT2D eigenvalue weighted by Gasteiger charge is 2.35. The number of carbonyl (C=O) groups is 2. The van der Waals surface area contributed by atoms with Crippen LogP contribution in [0.25, 0.3) is 0 Å². The van der Waals surface area contributed by atoms with E-state index in [4.69, 9.17) is 4.42 Å². The number of rotatable bonds is 6. The molecule has 2 aromatic rings. The van der Waals surface area contributed by atoms with E-state index in [-0.39, 0.29) is 23.9 Å². The molecule has 0 radical (unpaired) electrons. The van der Waals surface area contributed by atoms with E-state index in [1.807, 2.05) is 29.6 Å². The van der Waals surface area contributed by atoms with Crippen molar-refractivity contribution in [3.63, 3.8) is 0 Å². The molecule has 150 valence electrons. The van der Waals surface area contributed by atoms with Crippen LogP contribution in [0, 0.1) is 0 Å². The van der Waals surface area contributed by atoms with Crippen LogP contribution in [0.4, 0.5) is 0 Å². The maximum atomic E-state index is 12.9. The van der Waals surface area contributed by atoms with Crippen molar-refractivity contribution in [2.75, 3.05) is 26.2 Å². The van der Waals surface area contributed by atoms with Crippen molar-refractivity contribution in [1.82, 2.24) is 15.1 Å². The first-order valence-corrected chi connectivity index (χ1v) is 11.0. The molecule has 4 heterocycles. The largest absolute Gasteiger partial charge is 0.468 e. The van der Waals surface area contributed by atoms with Gasteiger partial charge in [0.15, 0.2) is 0 Å². The lowest BCUT2D eigenvalue weighted by molar-refractivity contribution is -0.125. The Bertz CT molecular complexity index is 769. The number of nitrogens with one attached hydrogen (secondary N) is 1. The molecule has 7 heteroatoms. The van der Waals surface area contributed by atoms with Gasteiger partial charge in [0.05, 0.1) is 17.2 Å². The minimum atomic E-state index is -0.381. The van der Waals surface area contributed by atoms with E-state index in [9.17, 15) is 9.59 Å². The summed E-state index contributed by atoms with van der Waals surface area (Å²) in [4.78, 5) is 30.5. The van der Waals surface area contributed by atoms with E-state index in [0.717, 1.165) is 31.7 Å². The number of carbonyl (C=O) groups excluding carboxylic acids is 2. The maximum Gasteiger partial charge on any atom is 0.264 e. The molecule has 0 spiro atoms. The molecule has 0 bridgehead atoms. The normalized spacial score (nSPS) is 21.6. The number of furan rings is 1. The van der Waals surface area contributed by atoms with Crippen LogP contribution in [0.2, 0.25) is 0 Å². The third-order valence-electron chi connectivity index (χ3n) is 5.72. The van der Waals surface area contributed by atoms with Crippen LogP contribution in [0.1, 0.15) is 53.6 Å². The second kappa shape index (κ2) is 8.92. The Hall–Kier alpha value is -2.12. The molecule has 0 saturated carbocycles. The number of hydrogen-bond acceptors (Lipinski definition) is 5. The number of thiophene rings is 1. The van der Waals surface area contributed by atoms with Gasteiger partial charge in [-0.1, -0.05) is 12.5 Å². The van der Waals surface area contributed by atoms with Gasteiger partial charge in [-0.05, 0) is 62.4 Å². The van der Waals surface area contributed by atoms with Crippen LogP contribution in [0.5, 0.6) is 0 Å². The van der Waals surface area contributed by atoms with E-state index in [1.54, 1.807) is 11.2 Å². The molecule has 4 rings (SSSR count). The Morgan fingerprint density at radius 3 is 2.71 bits per heavy atom. The number of hydrogen-bond donors (Lipinski definition) is 1. The summed E-state index contributed by atoms with van der Waals surface area (Å²) in [5.74, 6) is 0.794. The van der Waals surface area contributed by atoms with Crippen molar-refractivity contribution < 1.29 is 14.0 Å². The van der Waals surface area contributed by atoms with Gasteiger partial charge < -0.3 is 14.6 Å². The van der Waals surface area contributed by atoms with Crippen molar-refractivity contribution >= 4 is 23.2 Å². The van der Waals surface area contributed by atoms with Crippen LogP contribution < -0.4 is 5.32 Å². The van der Waals surface area contributed by atoms with E-state index >= 15 is 0 Å². The SMILES string of the molecule is O=C(NC[C@H](c1ccco1)N1CCCCC1)[C@@H]1CCCN1C(=O)c1cccs1. The molecule has 0 aliphatic carbocycles. The quantitative estimate of drug-likeness (QED) is 0.807. The minimum Gasteiger partial charge on any atom is -0.468 e. The molecule has 0 aromatic carbocycles. The Labute approximate surface area is 169 Å². The molecule has 2 saturated heterocycles. The van der Waals surface area contributed by atoms with Gasteiger partial charge >= 0.3 is 0 Å². The minimum absolute atomic E-state index is 0.0359. The van der Waals surface area contributed by atoms with E-state index in [2.05, 4.69) is 10.2 Å². The second-order valence-electron chi connectivity index (χ2n) is 7.51. The molecule has 0 unspecified atom stereocenters. The standard InChI is InChI=1S/C21H27N3O3S/c25-20(16-7-4-12-24(16)21(26)19-9-6-14-28-19)22-15-17(18-8-5-13-27-18)23-10-2-1-3-11-23/h5-6,8-9,13-14,16-17H,1-4,7,10-12,15H2,(H,22,25)/t16-,17+/m0/s1. The highest BCUT2D eigenvalue weighted by molar-refractivity contribution is 7.12. The highest BCUT2D eigenvalue weighted by Crippen LogP contribution is 2.26. The fraction of sp³-hybridized carbons (Fsp3) is 0.524. The van der Waals surface area contributed by atoms with Crippen molar-refractivity contribution in [3.8, 4) is 0 Å². The van der Waals surface area contributed by atoms with Crippen molar-refractivity contribution in [2.45, 2.75) is 44.2 Å². The van der Waals surface area contributed by atoms with Crippen molar-refractivity contribution in [1.29, 1.82) is 0 Å². The molecule has 2 aliphatic heterocycles. The fourth-order valence-corrected chi connectivity index (χ4v) is 4.94. The Morgan fingerprint density at radius 1 is 1.14 bits per heavy atom. The fourth-order valence-electron chi connectivity index (χ4n) is 4.26. The maximum absolute atomic E-state index is 12.9. The molecule has 2 aromatic heterocycles. The zero-order chi connectivity index (χ0) is 19.3. The van der Waals surface area contributed by atoms with E-state index in [0.29, 0.717) is 18.0 Å². The molecular formula is C21H27N3O3S. The van der Waals surface area contributed by atoms with Gasteiger partial charge in [-0.3, -0.25) is 14.5 Å². The zero-order valence-electron chi connectivity index (χ0n) is 16.0. The van der Waals surface area contributed by atoms with Gasteiger partial charge in [0, 0.05) is 13.1 Å². The first-order chi connectivity index (χ1) is 13.7. The van der Waals surface area contributed by atoms with Crippen molar-refractivity contribution in [2.24, 2.45) is 0 Å². The van der Waals surface area contributed by atoms with Gasteiger partial charge in [-0.2, -0.15) is 0 Å². The molecule has 2 aliphatic rings. The summed E-state index contributed by atoms with van der Waals surface area (Å²) in [5.41, 5.74) is 0. The average Bonchev–Trinajstić information content (AvgIpc) is 3.51. The summed E-state index contributed by atoms with van der Waals surface area (Å²) in [6.07, 6.45) is 6.89. The van der Waals surface area contributed by atoms with Crippen molar-refractivity contribution in [3.05, 3.63) is 46.5 Å². The van der Waals surface area contributed by atoms with Crippen LogP contribution in [0.15, 0.2) is 40.3 Å². The number of nitrogens with zero attached hydrogens (tertiary/aromatic N) is 2. The van der Waals surface area contributed by atoms with Crippen LogP contribution in [0.3, 0.4) is 0 Å². The first-order valence-electron chi connectivity index (χ1n) is 10.1. The Balaban J connectivity index is 1.40. The van der Waals surface area contributed by atoms with E-state index in [1.165, 1.54) is 30.6 Å². The lowest BCUT2D eigenvalue weighted by Gasteiger charge is -2.34. The predicted octanol–water partition coefficient (Wildman–Crippen LogP) is 3.29. The lowest BCUT2D eigenvalue weighted by Crippen LogP contribution is -2.48. The van der Waals surface area contributed by atoms with Gasteiger partial charge in [-0.15, -0.1) is 11.3 Å². The van der Waals surface area contributed by atoms with Crippen LogP contribution in [-0.4, -0.2) is 53.8 Å². The van der Waals surface area contributed by atoms with Gasteiger partial charge in [0.2, 0.25) is 5.91 Å². The van der Waals surface area contributed by atoms with Gasteiger partial charge in [0.25, 0.3) is 5.91 Å². The predicted molar refractivity (Wildman–Crippen MR) is 108 cm³/mol. The molecule has 2 fully saturated rings. The summed E-state index contributed by atoms with van der Waals surface area (Å²) in [6.45, 7) is 3.19. The summed E-state index contributed by atoms with van der Waals surface area (Å²) in [6, 6.07) is 7.23. The Morgan fingerprint density at radius 2 is 2.00 bits per heavy atom. The monoisotopic (exact) mass is 401 g/mol. The van der Waals surface area contributed by atoms with Gasteiger partial charge in [0.1, 0.15) is 11.8 Å². The number of likely N-dealkylation sites (tertiary alicyclic amines) is 2. The number of amides is 2. The molecule has 2 atom stereocenters. The van der Waals surface area contributed by atoms with Crippen LogP contribution in [-0.2, 0) is 4.79 Å². The second-order valence-corrected chi connectivity index (χ2v) is 8.45. The average molecular weight is 402 g/mol. The summed E-state index contributed by atoms with van der Waals surface area (Å²) < 4.78 is 5.66. The topological polar surface area (TPSA) is 65.8 Å². The molecule has 6 nitrogen and oxygen atoms in total. The number of piperidine rings is 1. The summed E-state index contributed by atoms with van der Waals surface area (Å²) >= 11 is 1.42. The summed E-state index contributed by atoms with van der Waals surface area (Å²) in [7, 11) is 0. The lowest BCUT2D eigenvalue weighted by atomic mass is 10.1. The smallest absolute Gasteiger partial charge is 0.264 e. The summed E-state index contributed by atoms with van der Waals surface area (Å²) in [5, 5.41) is 5.00. The third kappa shape index (κ3) is 4.15. The molecular weight excluding hydrogens is 374 g/mol. The van der Waals surface area contributed by atoms with Crippen LogP contribution >= 0.6 is 11.3 Å². The van der Waals surface area contributed by atoms with Gasteiger partial charge in [-0.25, -0.2) is 0 Å². The molecule has 1 N–H and O–H groups in total. The van der Waals surface area contributed by atoms with E-state index < -0.39 is 0 Å². The zero-order valence-corrected chi connectivity index (χ0v) is 16.8. The highest BCUT2D eigenvalue weighted by atomic mass is 32.1. The third-order valence-corrected chi connectivity index (χ3v) is 6.58. The molecule has 28 heavy (non-hydrogen) atoms.